The van der Waals surface area contributed by atoms with Crippen LogP contribution < -0.4 is 5.32 Å². The van der Waals surface area contributed by atoms with Crippen LogP contribution in [-0.4, -0.2) is 13.3 Å². The fraction of sp³-hybridized carbons (Fsp3) is 0.159. The van der Waals surface area contributed by atoms with Crippen LogP contribution in [0.1, 0.15) is 55.9 Å². The van der Waals surface area contributed by atoms with Crippen molar-refractivity contribution >= 4 is 18.0 Å². The summed E-state index contributed by atoms with van der Waals surface area (Å²) in [5.41, 5.74) is 14.3. The maximum atomic E-state index is 4.48. The largest absolute Gasteiger partial charge is 0.387 e. The molecule has 1 N–H and O–H groups in total. The van der Waals surface area contributed by atoms with E-state index in [9.17, 15) is 0 Å². The summed E-state index contributed by atoms with van der Waals surface area (Å²) in [6.45, 7) is 13.9. The van der Waals surface area contributed by atoms with Crippen LogP contribution in [0.25, 0.3) is 44.7 Å². The molecule has 0 bridgehead atoms. The maximum Gasteiger partial charge on any atom is 0.0660 e. The van der Waals surface area contributed by atoms with Crippen LogP contribution in [0.15, 0.2) is 151 Å². The summed E-state index contributed by atoms with van der Waals surface area (Å²) in [4.78, 5) is 4.48. The minimum absolute atomic E-state index is 0.0219. The Kier molecular flexibility index (Phi) is 8.99. The summed E-state index contributed by atoms with van der Waals surface area (Å²) in [5, 5.41) is 3.29. The van der Waals surface area contributed by atoms with Gasteiger partial charge in [0.25, 0.3) is 0 Å². The summed E-state index contributed by atoms with van der Waals surface area (Å²) in [7, 11) is 0. The van der Waals surface area contributed by atoms with Crippen molar-refractivity contribution in [3.63, 3.8) is 0 Å². The first-order valence-corrected chi connectivity index (χ1v) is 16.1. The van der Waals surface area contributed by atoms with Crippen LogP contribution in [0.4, 0.5) is 0 Å². The molecule has 0 aliphatic carbocycles. The van der Waals surface area contributed by atoms with E-state index in [1.165, 1.54) is 55.6 Å². The molecule has 6 rings (SSSR count). The lowest BCUT2D eigenvalue weighted by atomic mass is 9.80. The standard InChI is InChI=1S/C44H42N2/c1-31(26-43(45-5)36-18-16-33(17-19-36)32-12-8-6-9-13-32)38-27-39(34-22-24-46-25-23-34)29-40(28-38)37-20-21-42(44(2,3)4)41(30-37)35-14-10-7-11-15-35/h6-24,26-31,46H,5,25H2,1-4H3/b43-26-. The van der Waals surface area contributed by atoms with E-state index in [2.05, 4.69) is 178 Å². The zero-order valence-corrected chi connectivity index (χ0v) is 27.3. The molecule has 5 aromatic carbocycles. The maximum absolute atomic E-state index is 4.48. The molecule has 2 heteroatoms. The van der Waals surface area contributed by atoms with Gasteiger partial charge in [0.1, 0.15) is 0 Å². The molecule has 1 heterocycles. The van der Waals surface area contributed by atoms with Gasteiger partial charge in [-0.3, -0.25) is 4.99 Å². The van der Waals surface area contributed by atoms with Crippen molar-refractivity contribution < 1.29 is 0 Å². The summed E-state index contributed by atoms with van der Waals surface area (Å²) in [6, 6.07) is 43.8. The van der Waals surface area contributed by atoms with E-state index in [0.717, 1.165) is 17.8 Å². The van der Waals surface area contributed by atoms with Crippen LogP contribution in [0.5, 0.6) is 0 Å². The highest BCUT2D eigenvalue weighted by Gasteiger charge is 2.20. The topological polar surface area (TPSA) is 24.4 Å². The summed E-state index contributed by atoms with van der Waals surface area (Å²) in [6.07, 6.45) is 8.69. The van der Waals surface area contributed by atoms with E-state index >= 15 is 0 Å². The van der Waals surface area contributed by atoms with Crippen LogP contribution in [0.3, 0.4) is 0 Å². The Morgan fingerprint density at radius 3 is 1.98 bits per heavy atom. The van der Waals surface area contributed by atoms with Crippen LogP contribution in [0, 0.1) is 0 Å². The van der Waals surface area contributed by atoms with Crippen molar-refractivity contribution in [3.05, 3.63) is 168 Å². The average molecular weight is 599 g/mol. The Morgan fingerprint density at radius 1 is 0.717 bits per heavy atom. The number of nitrogens with zero attached hydrogens (tertiary/aromatic N) is 1. The molecule has 5 aromatic rings. The normalized spacial score (nSPS) is 13.9. The second-order valence-corrected chi connectivity index (χ2v) is 13.1. The molecule has 1 unspecified atom stereocenters. The Balaban J connectivity index is 1.42. The predicted molar refractivity (Wildman–Crippen MR) is 199 cm³/mol. The smallest absolute Gasteiger partial charge is 0.0660 e. The lowest BCUT2D eigenvalue weighted by Crippen LogP contribution is -2.12. The van der Waals surface area contributed by atoms with Crippen molar-refractivity contribution in [2.24, 2.45) is 4.99 Å². The molecule has 46 heavy (non-hydrogen) atoms. The quantitative estimate of drug-likeness (QED) is 0.177. The number of allylic oxidation sites excluding steroid dienone is 3. The van der Waals surface area contributed by atoms with Crippen LogP contribution in [0.2, 0.25) is 0 Å². The molecule has 0 aromatic heterocycles. The van der Waals surface area contributed by atoms with E-state index in [0.29, 0.717) is 0 Å². The third-order valence-corrected chi connectivity index (χ3v) is 8.75. The van der Waals surface area contributed by atoms with Crippen molar-refractivity contribution in [1.29, 1.82) is 0 Å². The van der Waals surface area contributed by atoms with Gasteiger partial charge in [-0.1, -0.05) is 149 Å². The van der Waals surface area contributed by atoms with E-state index in [1.807, 2.05) is 12.3 Å². The SMILES string of the molecule is C=N/C(=C\C(C)c1cc(C2=CCNC=C2)cc(-c2ccc(C(C)(C)C)c(-c3ccccc3)c2)c1)c1ccc(-c2ccccc2)cc1. The lowest BCUT2D eigenvalue weighted by molar-refractivity contribution is 0.592. The molecule has 0 fully saturated rings. The van der Waals surface area contributed by atoms with Crippen LogP contribution in [-0.2, 0) is 5.41 Å². The van der Waals surface area contributed by atoms with Crippen molar-refractivity contribution in [2.75, 3.05) is 6.54 Å². The molecule has 228 valence electrons. The van der Waals surface area contributed by atoms with Gasteiger partial charge in [-0.05, 0) is 97.7 Å². The Morgan fingerprint density at radius 2 is 1.35 bits per heavy atom. The number of rotatable bonds is 8. The van der Waals surface area contributed by atoms with Gasteiger partial charge in [0.2, 0.25) is 0 Å². The first kappa shape index (κ1) is 30.8. The van der Waals surface area contributed by atoms with E-state index in [-0.39, 0.29) is 11.3 Å². The number of aliphatic imine (C=N–C) groups is 1. The molecule has 0 spiro atoms. The highest BCUT2D eigenvalue weighted by molar-refractivity contribution is 5.82. The summed E-state index contributed by atoms with van der Waals surface area (Å²) < 4.78 is 0. The van der Waals surface area contributed by atoms with Gasteiger partial charge >= 0.3 is 0 Å². The third-order valence-electron chi connectivity index (χ3n) is 8.75. The monoisotopic (exact) mass is 598 g/mol. The first-order valence-electron chi connectivity index (χ1n) is 16.1. The number of benzene rings is 5. The fourth-order valence-electron chi connectivity index (χ4n) is 6.19. The number of nitrogens with one attached hydrogen (secondary N) is 1. The second kappa shape index (κ2) is 13.4. The molecule has 1 aliphatic heterocycles. The molecular weight excluding hydrogens is 556 g/mol. The zero-order chi connectivity index (χ0) is 32.1. The second-order valence-electron chi connectivity index (χ2n) is 13.1. The molecule has 1 aliphatic rings. The molecule has 0 radical (unpaired) electrons. The van der Waals surface area contributed by atoms with Gasteiger partial charge in [0.05, 0.1) is 5.70 Å². The zero-order valence-electron chi connectivity index (χ0n) is 27.3. The summed E-state index contributed by atoms with van der Waals surface area (Å²) >= 11 is 0. The molecular formula is C44H42N2. The van der Waals surface area contributed by atoms with Crippen LogP contribution >= 0.6 is 0 Å². The van der Waals surface area contributed by atoms with Gasteiger partial charge in [-0.15, -0.1) is 0 Å². The Hall–Kier alpha value is -5.21. The minimum atomic E-state index is 0.0219. The number of dihydropyridines is 1. The van der Waals surface area contributed by atoms with Crippen molar-refractivity contribution in [2.45, 2.75) is 39.0 Å². The molecule has 0 amide bonds. The number of hydrogen-bond donors (Lipinski definition) is 1. The van der Waals surface area contributed by atoms with Crippen molar-refractivity contribution in [1.82, 2.24) is 5.32 Å². The molecule has 0 saturated heterocycles. The minimum Gasteiger partial charge on any atom is -0.387 e. The first-order chi connectivity index (χ1) is 22.3. The van der Waals surface area contributed by atoms with Crippen molar-refractivity contribution in [3.8, 4) is 33.4 Å². The highest BCUT2D eigenvalue weighted by Crippen LogP contribution is 2.38. The molecule has 1 atom stereocenters. The van der Waals surface area contributed by atoms with E-state index in [1.54, 1.807) is 0 Å². The van der Waals surface area contributed by atoms with E-state index in [4.69, 9.17) is 0 Å². The molecule has 2 nitrogen and oxygen atoms in total. The van der Waals surface area contributed by atoms with E-state index < -0.39 is 0 Å². The highest BCUT2D eigenvalue weighted by atomic mass is 14.8. The van der Waals surface area contributed by atoms with Gasteiger partial charge in [0.15, 0.2) is 0 Å². The lowest BCUT2D eigenvalue weighted by Gasteiger charge is -2.24. The Bertz CT molecular complexity index is 1920. The predicted octanol–water partition coefficient (Wildman–Crippen LogP) is 11.3. The van der Waals surface area contributed by atoms with Gasteiger partial charge in [-0.25, -0.2) is 0 Å². The van der Waals surface area contributed by atoms with Gasteiger partial charge in [0, 0.05) is 12.5 Å². The summed E-state index contributed by atoms with van der Waals surface area (Å²) in [5.74, 6) is 0.113. The average Bonchev–Trinajstić information content (AvgIpc) is 3.11. The third kappa shape index (κ3) is 6.87. The van der Waals surface area contributed by atoms with Gasteiger partial charge in [-0.2, -0.15) is 0 Å². The van der Waals surface area contributed by atoms with Gasteiger partial charge < -0.3 is 5.32 Å². The number of hydrogen-bond acceptors (Lipinski definition) is 2. The Labute approximate surface area is 274 Å². The fourth-order valence-corrected chi connectivity index (χ4v) is 6.19. The molecule has 0 saturated carbocycles.